The monoisotopic (exact) mass is 233 g/mol. The highest BCUT2D eigenvalue weighted by molar-refractivity contribution is 7.92. The second-order valence-corrected chi connectivity index (χ2v) is 3.57. The highest BCUT2D eigenvalue weighted by Gasteiger charge is 2.33. The van der Waals surface area contributed by atoms with Gasteiger partial charge in [0, 0.05) is 6.42 Å². The number of carbonyl (C=O) groups excluding carboxylic acids is 1. The standard InChI is InChI=1S/C7H8FN3O3S/c1-14-6(12)4-2-3-5-9-11(15-8)7(13)10(4)5/h4H,2-3H2,1H3. The van der Waals surface area contributed by atoms with Crippen molar-refractivity contribution in [2.45, 2.75) is 18.9 Å². The maximum absolute atomic E-state index is 12.2. The van der Waals surface area contributed by atoms with Gasteiger partial charge in [-0.1, -0.05) is 0 Å². The molecule has 0 bridgehead atoms. The quantitative estimate of drug-likeness (QED) is 0.677. The molecule has 1 aromatic heterocycles. The number of halogens is 1. The first kappa shape index (κ1) is 10.2. The number of fused-ring (bicyclic) bond motifs is 1. The Morgan fingerprint density at radius 2 is 2.47 bits per heavy atom. The van der Waals surface area contributed by atoms with Gasteiger partial charge in [-0.3, -0.25) is 4.57 Å². The van der Waals surface area contributed by atoms with Gasteiger partial charge in [-0.15, -0.1) is 13.1 Å². The zero-order chi connectivity index (χ0) is 11.0. The fourth-order valence-corrected chi connectivity index (χ4v) is 1.95. The molecule has 0 N–H and O–H groups in total. The van der Waals surface area contributed by atoms with Crippen molar-refractivity contribution in [3.8, 4) is 0 Å². The van der Waals surface area contributed by atoms with Crippen molar-refractivity contribution in [2.24, 2.45) is 0 Å². The van der Waals surface area contributed by atoms with Crippen LogP contribution in [0.25, 0.3) is 0 Å². The molecular formula is C7H8FN3O3S. The van der Waals surface area contributed by atoms with Crippen LogP contribution in [-0.4, -0.2) is 26.8 Å². The van der Waals surface area contributed by atoms with Gasteiger partial charge >= 0.3 is 11.7 Å². The second kappa shape index (κ2) is 3.69. The van der Waals surface area contributed by atoms with Gasteiger partial charge in [0.05, 0.1) is 7.11 Å². The Bertz CT molecular complexity index is 455. The van der Waals surface area contributed by atoms with Crippen LogP contribution < -0.4 is 5.69 Å². The summed E-state index contributed by atoms with van der Waals surface area (Å²) in [5, 5.41) is 3.72. The first-order chi connectivity index (χ1) is 7.19. The molecule has 0 radical (unpaired) electrons. The van der Waals surface area contributed by atoms with Gasteiger partial charge in [0.25, 0.3) is 0 Å². The average molecular weight is 233 g/mol. The topological polar surface area (TPSA) is 66.1 Å². The number of hydrogen-bond donors (Lipinski definition) is 0. The van der Waals surface area contributed by atoms with Gasteiger partial charge in [-0.2, -0.15) is 0 Å². The van der Waals surface area contributed by atoms with Crippen LogP contribution in [0, 0.1) is 0 Å². The zero-order valence-corrected chi connectivity index (χ0v) is 8.66. The van der Waals surface area contributed by atoms with Crippen molar-refractivity contribution < 1.29 is 13.4 Å². The molecule has 0 fully saturated rings. The van der Waals surface area contributed by atoms with E-state index in [2.05, 4.69) is 9.84 Å². The predicted octanol–water partition coefficient (Wildman–Crippen LogP) is 0.0859. The van der Waals surface area contributed by atoms with Crippen LogP contribution in [0.1, 0.15) is 18.3 Å². The Morgan fingerprint density at radius 3 is 3.07 bits per heavy atom. The van der Waals surface area contributed by atoms with E-state index in [1.165, 1.54) is 11.7 Å². The largest absolute Gasteiger partial charge is 0.467 e. The normalized spacial score (nSPS) is 18.9. The van der Waals surface area contributed by atoms with Gasteiger partial charge in [-0.25, -0.2) is 9.59 Å². The SMILES string of the molecule is COC(=O)C1CCc2nn(SF)c(=O)n21. The van der Waals surface area contributed by atoms with E-state index in [-0.39, 0.29) is 12.3 Å². The number of carbonyl (C=O) groups is 1. The zero-order valence-electron chi connectivity index (χ0n) is 7.84. The molecule has 0 saturated carbocycles. The first-order valence-electron chi connectivity index (χ1n) is 4.26. The molecule has 15 heavy (non-hydrogen) atoms. The van der Waals surface area contributed by atoms with Gasteiger partial charge in [0.2, 0.25) is 0 Å². The fraction of sp³-hybridized carbons (Fsp3) is 0.571. The predicted molar refractivity (Wildman–Crippen MR) is 50.0 cm³/mol. The van der Waals surface area contributed by atoms with Crippen LogP contribution in [0.2, 0.25) is 0 Å². The third-order valence-electron chi connectivity index (χ3n) is 2.35. The summed E-state index contributed by atoms with van der Waals surface area (Å²) in [6, 6.07) is -0.668. The fourth-order valence-electron chi connectivity index (χ4n) is 1.68. The van der Waals surface area contributed by atoms with Gasteiger partial charge in [0.1, 0.15) is 11.9 Å². The molecule has 6 nitrogen and oxygen atoms in total. The van der Waals surface area contributed by atoms with Gasteiger partial charge < -0.3 is 4.74 Å². The van der Waals surface area contributed by atoms with E-state index in [1.54, 1.807) is 0 Å². The molecule has 1 aliphatic rings. The van der Waals surface area contributed by atoms with Crippen molar-refractivity contribution >= 4 is 18.3 Å². The van der Waals surface area contributed by atoms with E-state index in [1.807, 2.05) is 0 Å². The molecule has 8 heteroatoms. The average Bonchev–Trinajstić information content (AvgIpc) is 2.78. The van der Waals surface area contributed by atoms with E-state index in [9.17, 15) is 13.5 Å². The van der Waals surface area contributed by atoms with Gasteiger partial charge in [0.15, 0.2) is 12.3 Å². The lowest BCUT2D eigenvalue weighted by Crippen LogP contribution is -2.28. The summed E-state index contributed by atoms with van der Waals surface area (Å²) in [5.74, 6) is -0.0835. The summed E-state index contributed by atoms with van der Waals surface area (Å²) >= 11 is -0.279. The van der Waals surface area contributed by atoms with Crippen LogP contribution in [0.15, 0.2) is 4.79 Å². The molecule has 0 aromatic carbocycles. The molecule has 2 rings (SSSR count). The summed E-state index contributed by atoms with van der Waals surface area (Å²) in [7, 11) is 1.25. The maximum Gasteiger partial charge on any atom is 0.359 e. The second-order valence-electron chi connectivity index (χ2n) is 3.09. The third-order valence-corrected chi connectivity index (χ3v) is 2.71. The molecule has 1 unspecified atom stereocenters. The summed E-state index contributed by atoms with van der Waals surface area (Å²) in [4.78, 5) is 22.8. The van der Waals surface area contributed by atoms with E-state index >= 15 is 0 Å². The molecule has 0 amide bonds. The van der Waals surface area contributed by atoms with Crippen molar-refractivity contribution in [3.05, 3.63) is 16.3 Å². The van der Waals surface area contributed by atoms with Crippen molar-refractivity contribution in [2.75, 3.05) is 7.11 Å². The highest BCUT2D eigenvalue weighted by atomic mass is 32.2. The van der Waals surface area contributed by atoms with Crippen molar-refractivity contribution in [1.82, 2.24) is 13.8 Å². The number of hydrogen-bond acceptors (Lipinski definition) is 5. The number of aromatic nitrogens is 3. The first-order valence-corrected chi connectivity index (χ1v) is 4.93. The van der Waals surface area contributed by atoms with Crippen LogP contribution in [-0.2, 0) is 16.0 Å². The van der Waals surface area contributed by atoms with Crippen LogP contribution in [0.4, 0.5) is 3.89 Å². The summed E-state index contributed by atoms with van der Waals surface area (Å²) in [6.07, 6.45) is 0.949. The number of esters is 1. The number of methoxy groups -OCH3 is 1. The Hall–Kier alpha value is -1.31. The number of rotatable bonds is 2. The Balaban J connectivity index is 2.45. The number of ether oxygens (including phenoxy) is 1. The highest BCUT2D eigenvalue weighted by Crippen LogP contribution is 2.23. The minimum absolute atomic E-state index is 0.279. The molecule has 0 spiro atoms. The minimum Gasteiger partial charge on any atom is -0.467 e. The molecular weight excluding hydrogens is 225 g/mol. The third kappa shape index (κ3) is 1.44. The summed E-state index contributed by atoms with van der Waals surface area (Å²) < 4.78 is 18.6. The van der Waals surface area contributed by atoms with Crippen LogP contribution >= 0.6 is 12.3 Å². The molecule has 82 valence electrons. The maximum atomic E-state index is 12.2. The molecule has 1 atom stereocenters. The van der Waals surface area contributed by atoms with E-state index < -0.39 is 17.7 Å². The van der Waals surface area contributed by atoms with Crippen molar-refractivity contribution in [3.63, 3.8) is 0 Å². The van der Waals surface area contributed by atoms with Crippen LogP contribution in [0.3, 0.4) is 0 Å². The molecule has 2 heterocycles. The van der Waals surface area contributed by atoms with Gasteiger partial charge in [-0.05, 0) is 6.42 Å². The Kier molecular flexibility index (Phi) is 2.51. The van der Waals surface area contributed by atoms with Crippen molar-refractivity contribution in [1.29, 1.82) is 0 Å². The Labute approximate surface area is 88.4 Å². The minimum atomic E-state index is -0.668. The number of nitrogens with zero attached hydrogens (tertiary/aromatic N) is 3. The Morgan fingerprint density at radius 1 is 1.73 bits per heavy atom. The van der Waals surface area contributed by atoms with Crippen LogP contribution in [0.5, 0.6) is 0 Å². The smallest absolute Gasteiger partial charge is 0.359 e. The molecule has 0 aliphatic carbocycles. The lowest BCUT2D eigenvalue weighted by molar-refractivity contribution is -0.144. The molecule has 0 saturated heterocycles. The molecule has 1 aromatic rings. The van der Waals surface area contributed by atoms with E-state index in [4.69, 9.17) is 0 Å². The summed E-state index contributed by atoms with van der Waals surface area (Å²) in [6.45, 7) is 0. The summed E-state index contributed by atoms with van der Waals surface area (Å²) in [5.41, 5.74) is -0.634. The van der Waals surface area contributed by atoms with E-state index in [0.29, 0.717) is 22.8 Å². The lowest BCUT2D eigenvalue weighted by atomic mass is 10.2. The van der Waals surface area contributed by atoms with E-state index in [0.717, 1.165) is 0 Å². The lowest BCUT2D eigenvalue weighted by Gasteiger charge is -2.07. The molecule has 1 aliphatic heterocycles. The number of aryl methyl sites for hydroxylation is 1.